The van der Waals surface area contributed by atoms with Crippen LogP contribution in [0.5, 0.6) is 0 Å². The fraction of sp³-hybridized carbons (Fsp3) is 0.471. The molecule has 1 aromatic rings. The average molecular weight is 318 g/mol. The van der Waals surface area contributed by atoms with Crippen LogP contribution in [-0.4, -0.2) is 35.9 Å². The van der Waals surface area contributed by atoms with Crippen molar-refractivity contribution >= 4 is 5.97 Å². The molecule has 0 spiro atoms. The summed E-state index contributed by atoms with van der Waals surface area (Å²) in [6, 6.07) is 0. The van der Waals surface area contributed by atoms with Crippen LogP contribution in [0.1, 0.15) is 29.2 Å². The molecule has 0 bridgehead atoms. The first kappa shape index (κ1) is 17.3. The molecule has 1 heterocycles. The van der Waals surface area contributed by atoms with Gasteiger partial charge < -0.3 is 14.2 Å². The predicted molar refractivity (Wildman–Crippen MR) is 84.6 cm³/mol. The summed E-state index contributed by atoms with van der Waals surface area (Å²) in [6.45, 7) is 6.03. The number of rotatable bonds is 5. The Labute approximate surface area is 136 Å². The molecule has 1 atom stereocenters. The smallest absolute Gasteiger partial charge is 0.337 e. The van der Waals surface area contributed by atoms with Crippen LogP contribution in [0, 0.1) is 20.8 Å². The van der Waals surface area contributed by atoms with E-state index in [1.165, 1.54) is 7.11 Å². The second-order valence-electron chi connectivity index (χ2n) is 5.42. The van der Waals surface area contributed by atoms with Gasteiger partial charge in [-0.25, -0.2) is 4.79 Å². The van der Waals surface area contributed by atoms with Crippen molar-refractivity contribution in [3.05, 3.63) is 46.6 Å². The highest BCUT2D eigenvalue weighted by atomic mass is 16.7. The van der Waals surface area contributed by atoms with Crippen molar-refractivity contribution in [1.82, 2.24) is 9.97 Å². The van der Waals surface area contributed by atoms with Gasteiger partial charge in [0.25, 0.3) is 0 Å². The van der Waals surface area contributed by atoms with E-state index in [0.717, 1.165) is 22.8 Å². The van der Waals surface area contributed by atoms with E-state index >= 15 is 0 Å². The average Bonchev–Trinajstić information content (AvgIpc) is 2.56. The summed E-state index contributed by atoms with van der Waals surface area (Å²) in [5.41, 5.74) is 3.90. The van der Waals surface area contributed by atoms with Crippen LogP contribution in [-0.2, 0) is 25.6 Å². The lowest BCUT2D eigenvalue weighted by molar-refractivity contribution is -0.194. The van der Waals surface area contributed by atoms with E-state index in [2.05, 4.69) is 9.97 Å². The Morgan fingerprint density at radius 3 is 2.43 bits per heavy atom. The van der Waals surface area contributed by atoms with E-state index in [1.54, 1.807) is 25.3 Å². The van der Waals surface area contributed by atoms with Gasteiger partial charge in [0.1, 0.15) is 0 Å². The number of methoxy groups -OCH3 is 2. The van der Waals surface area contributed by atoms with Gasteiger partial charge in [0.05, 0.1) is 42.1 Å². The number of hydrogen-bond donors (Lipinski definition) is 0. The standard InChI is InChI=1S/C17H22N2O4/c1-11-12(2)19-15(13(3)18-11)10-23-17(22-5)8-6-14(7-9-17)16(20)21-4/h6-8H,9-10H2,1-5H3. The zero-order valence-electron chi connectivity index (χ0n) is 14.2. The minimum Gasteiger partial charge on any atom is -0.465 e. The van der Waals surface area contributed by atoms with Gasteiger partial charge in [0.15, 0.2) is 5.79 Å². The van der Waals surface area contributed by atoms with E-state index < -0.39 is 5.79 Å². The summed E-state index contributed by atoms with van der Waals surface area (Å²) < 4.78 is 16.1. The number of aryl methyl sites for hydroxylation is 3. The summed E-state index contributed by atoms with van der Waals surface area (Å²) in [4.78, 5) is 20.5. The van der Waals surface area contributed by atoms with E-state index in [-0.39, 0.29) is 12.6 Å². The van der Waals surface area contributed by atoms with Crippen molar-refractivity contribution < 1.29 is 19.0 Å². The molecule has 1 aliphatic rings. The van der Waals surface area contributed by atoms with Gasteiger partial charge in [0, 0.05) is 13.5 Å². The molecule has 0 amide bonds. The van der Waals surface area contributed by atoms with Gasteiger partial charge in [-0.1, -0.05) is 6.08 Å². The van der Waals surface area contributed by atoms with Crippen LogP contribution in [0.2, 0.25) is 0 Å². The molecule has 0 aliphatic heterocycles. The van der Waals surface area contributed by atoms with Crippen molar-refractivity contribution in [2.24, 2.45) is 0 Å². The number of hydrogen-bond acceptors (Lipinski definition) is 6. The fourth-order valence-corrected chi connectivity index (χ4v) is 2.28. The molecule has 1 aliphatic carbocycles. The topological polar surface area (TPSA) is 70.5 Å². The van der Waals surface area contributed by atoms with Gasteiger partial charge in [0.2, 0.25) is 0 Å². The molecule has 0 radical (unpaired) electrons. The van der Waals surface area contributed by atoms with Crippen molar-refractivity contribution in [3.8, 4) is 0 Å². The van der Waals surface area contributed by atoms with Crippen LogP contribution in [0.4, 0.5) is 0 Å². The normalized spacial score (nSPS) is 20.3. The Kier molecular flexibility index (Phi) is 5.28. The maximum Gasteiger partial charge on any atom is 0.337 e. The number of carbonyl (C=O) groups excluding carboxylic acids is 1. The number of esters is 1. The summed E-state index contributed by atoms with van der Waals surface area (Å²) in [5.74, 6) is -1.29. The molecule has 0 N–H and O–H groups in total. The molecule has 0 saturated heterocycles. The predicted octanol–water partition coefficient (Wildman–Crippen LogP) is 2.32. The minimum atomic E-state index is -0.912. The molecule has 1 unspecified atom stereocenters. The van der Waals surface area contributed by atoms with Crippen LogP contribution >= 0.6 is 0 Å². The first-order chi connectivity index (χ1) is 10.9. The second-order valence-corrected chi connectivity index (χ2v) is 5.42. The van der Waals surface area contributed by atoms with E-state index in [4.69, 9.17) is 14.2 Å². The first-order valence-electron chi connectivity index (χ1n) is 7.38. The third kappa shape index (κ3) is 3.83. The lowest BCUT2D eigenvalue weighted by Crippen LogP contribution is -2.34. The monoisotopic (exact) mass is 318 g/mol. The Balaban J connectivity index is 2.10. The summed E-state index contributed by atoms with van der Waals surface area (Å²) >= 11 is 0. The Bertz CT molecular complexity index is 667. The molecule has 6 heteroatoms. The zero-order chi connectivity index (χ0) is 17.0. The van der Waals surface area contributed by atoms with E-state index in [9.17, 15) is 4.79 Å². The molecule has 0 fully saturated rings. The van der Waals surface area contributed by atoms with Crippen LogP contribution < -0.4 is 0 Å². The second kappa shape index (κ2) is 7.02. The molecule has 2 rings (SSSR count). The quantitative estimate of drug-likeness (QED) is 0.613. The van der Waals surface area contributed by atoms with Crippen molar-refractivity contribution in [3.63, 3.8) is 0 Å². The van der Waals surface area contributed by atoms with Gasteiger partial charge in [-0.15, -0.1) is 0 Å². The van der Waals surface area contributed by atoms with E-state index in [1.807, 2.05) is 20.8 Å². The van der Waals surface area contributed by atoms with Gasteiger partial charge in [-0.05, 0) is 32.9 Å². The first-order valence-corrected chi connectivity index (χ1v) is 7.38. The number of ether oxygens (including phenoxy) is 3. The van der Waals surface area contributed by atoms with Crippen molar-refractivity contribution in [2.45, 2.75) is 39.6 Å². The van der Waals surface area contributed by atoms with E-state index in [0.29, 0.717) is 12.0 Å². The summed E-state index contributed by atoms with van der Waals surface area (Å²) in [7, 11) is 2.92. The van der Waals surface area contributed by atoms with Crippen molar-refractivity contribution in [2.75, 3.05) is 14.2 Å². The number of carbonyl (C=O) groups is 1. The Morgan fingerprint density at radius 2 is 1.87 bits per heavy atom. The Morgan fingerprint density at radius 1 is 1.17 bits per heavy atom. The van der Waals surface area contributed by atoms with Gasteiger partial charge >= 0.3 is 5.97 Å². The summed E-state index contributed by atoms with van der Waals surface area (Å²) in [6.07, 6.45) is 5.54. The SMILES string of the molecule is COC(=O)C1=CCC(OC)(OCc2nc(C)c(C)nc2C)C=C1. The molecular weight excluding hydrogens is 296 g/mol. The molecule has 6 nitrogen and oxygen atoms in total. The molecule has 124 valence electrons. The minimum absolute atomic E-state index is 0.277. The fourth-order valence-electron chi connectivity index (χ4n) is 2.28. The molecule has 1 aromatic heterocycles. The lowest BCUT2D eigenvalue weighted by Gasteiger charge is -2.30. The molecular formula is C17H22N2O4. The lowest BCUT2D eigenvalue weighted by atomic mass is 10.0. The van der Waals surface area contributed by atoms with Gasteiger partial charge in [-0.2, -0.15) is 0 Å². The number of nitrogens with zero attached hydrogens (tertiary/aromatic N) is 2. The maximum atomic E-state index is 11.5. The zero-order valence-corrected chi connectivity index (χ0v) is 14.2. The van der Waals surface area contributed by atoms with Crippen molar-refractivity contribution in [1.29, 1.82) is 0 Å². The third-order valence-electron chi connectivity index (χ3n) is 3.92. The van der Waals surface area contributed by atoms with Crippen LogP contribution in [0.3, 0.4) is 0 Å². The van der Waals surface area contributed by atoms with Crippen LogP contribution in [0.25, 0.3) is 0 Å². The van der Waals surface area contributed by atoms with Crippen LogP contribution in [0.15, 0.2) is 23.8 Å². The van der Waals surface area contributed by atoms with Gasteiger partial charge in [-0.3, -0.25) is 9.97 Å². The molecule has 0 aromatic carbocycles. The largest absolute Gasteiger partial charge is 0.465 e. The number of aromatic nitrogens is 2. The highest BCUT2D eigenvalue weighted by molar-refractivity contribution is 5.91. The Hall–Kier alpha value is -2.05. The molecule has 0 saturated carbocycles. The maximum absolute atomic E-state index is 11.5. The molecule has 23 heavy (non-hydrogen) atoms. The highest BCUT2D eigenvalue weighted by Crippen LogP contribution is 2.27. The third-order valence-corrected chi connectivity index (χ3v) is 3.92. The summed E-state index contributed by atoms with van der Waals surface area (Å²) in [5, 5.41) is 0. The highest BCUT2D eigenvalue weighted by Gasteiger charge is 2.31.